The molecular weight excluding hydrogens is 446 g/mol. The van der Waals surface area contributed by atoms with Crippen molar-refractivity contribution < 1.29 is 9.53 Å². The van der Waals surface area contributed by atoms with Crippen LogP contribution in [0.1, 0.15) is 28.8 Å². The lowest BCUT2D eigenvalue weighted by Crippen LogP contribution is -2.28. The van der Waals surface area contributed by atoms with Crippen LogP contribution in [0, 0.1) is 0 Å². The molecule has 0 atom stereocenters. The number of methoxy groups -OCH3 is 1. The van der Waals surface area contributed by atoms with Crippen LogP contribution in [0.25, 0.3) is 16.6 Å². The van der Waals surface area contributed by atoms with Crippen LogP contribution in [0.2, 0.25) is 0 Å². The van der Waals surface area contributed by atoms with Gasteiger partial charge in [0.15, 0.2) is 5.16 Å². The zero-order valence-electron chi connectivity index (χ0n) is 18.9. The Bertz CT molecular complexity index is 1400. The van der Waals surface area contributed by atoms with Gasteiger partial charge < -0.3 is 9.64 Å². The van der Waals surface area contributed by atoms with E-state index in [9.17, 15) is 9.59 Å². The third-order valence-corrected chi connectivity index (χ3v) is 7.01. The molecule has 6 nitrogen and oxygen atoms in total. The van der Waals surface area contributed by atoms with Crippen LogP contribution in [0.15, 0.2) is 82.7 Å². The molecule has 2 heterocycles. The molecule has 0 spiro atoms. The number of carbonyl (C=O) groups is 1. The van der Waals surface area contributed by atoms with E-state index >= 15 is 0 Å². The number of ether oxygens (including phenoxy) is 1. The van der Waals surface area contributed by atoms with E-state index in [4.69, 9.17) is 9.72 Å². The molecule has 0 unspecified atom stereocenters. The summed E-state index contributed by atoms with van der Waals surface area (Å²) in [6.45, 7) is 1.56. The van der Waals surface area contributed by atoms with Crippen LogP contribution in [-0.4, -0.2) is 40.6 Å². The minimum atomic E-state index is -0.172. The van der Waals surface area contributed by atoms with Gasteiger partial charge in [-0.2, -0.15) is 0 Å². The van der Waals surface area contributed by atoms with E-state index in [2.05, 4.69) is 12.1 Å². The molecule has 1 fully saturated rings. The fraction of sp³-hybridized carbons (Fsp3) is 0.222. The summed E-state index contributed by atoms with van der Waals surface area (Å²) >= 11 is 1.49. The van der Waals surface area contributed by atoms with Crippen LogP contribution >= 0.6 is 11.8 Å². The van der Waals surface area contributed by atoms with E-state index in [-0.39, 0.29) is 11.5 Å². The molecule has 5 rings (SSSR count). The van der Waals surface area contributed by atoms with Gasteiger partial charge >= 0.3 is 0 Å². The highest BCUT2D eigenvalue weighted by Gasteiger charge is 2.21. The lowest BCUT2D eigenvalue weighted by molar-refractivity contribution is 0.0793. The Morgan fingerprint density at radius 2 is 1.79 bits per heavy atom. The lowest BCUT2D eigenvalue weighted by atomic mass is 10.1. The molecule has 0 bridgehead atoms. The summed E-state index contributed by atoms with van der Waals surface area (Å²) in [7, 11) is 1.60. The van der Waals surface area contributed by atoms with Crippen molar-refractivity contribution in [3.8, 4) is 11.4 Å². The molecule has 0 radical (unpaired) electrons. The van der Waals surface area contributed by atoms with Crippen molar-refractivity contribution in [2.24, 2.45) is 0 Å². The first-order valence-corrected chi connectivity index (χ1v) is 12.3. The number of hydrogen-bond donors (Lipinski definition) is 0. The van der Waals surface area contributed by atoms with Gasteiger partial charge in [0.25, 0.3) is 11.5 Å². The number of hydrogen-bond acceptors (Lipinski definition) is 5. The summed E-state index contributed by atoms with van der Waals surface area (Å²) in [5, 5.41) is 1.05. The molecule has 1 aromatic heterocycles. The van der Waals surface area contributed by atoms with Crippen LogP contribution in [0.4, 0.5) is 0 Å². The largest absolute Gasteiger partial charge is 0.497 e. The Hall–Kier alpha value is -3.58. The first kappa shape index (κ1) is 22.2. The summed E-state index contributed by atoms with van der Waals surface area (Å²) < 4.78 is 7.00. The fourth-order valence-electron chi connectivity index (χ4n) is 4.20. The third-order valence-electron chi connectivity index (χ3n) is 6.00. The van der Waals surface area contributed by atoms with E-state index in [1.165, 1.54) is 11.8 Å². The molecule has 1 aliphatic rings. The molecular formula is C27H25N3O3S. The highest BCUT2D eigenvalue weighted by atomic mass is 32.2. The predicted molar refractivity (Wildman–Crippen MR) is 135 cm³/mol. The van der Waals surface area contributed by atoms with E-state index in [0.29, 0.717) is 38.8 Å². The summed E-state index contributed by atoms with van der Waals surface area (Å²) in [4.78, 5) is 33.3. The van der Waals surface area contributed by atoms with Crippen molar-refractivity contribution in [1.29, 1.82) is 0 Å². The minimum Gasteiger partial charge on any atom is -0.497 e. The number of likely N-dealkylation sites (tertiary alicyclic amines) is 1. The number of aromatic nitrogens is 2. The van der Waals surface area contributed by atoms with Crippen molar-refractivity contribution >= 4 is 28.6 Å². The number of fused-ring (bicyclic) bond motifs is 1. The van der Waals surface area contributed by atoms with Crippen molar-refractivity contribution in [1.82, 2.24) is 14.5 Å². The quantitative estimate of drug-likeness (QED) is 0.295. The van der Waals surface area contributed by atoms with Gasteiger partial charge in [-0.05, 0) is 48.7 Å². The molecule has 34 heavy (non-hydrogen) atoms. The van der Waals surface area contributed by atoms with Crippen LogP contribution < -0.4 is 10.3 Å². The summed E-state index contributed by atoms with van der Waals surface area (Å²) in [5.41, 5.74) is 2.75. The fourth-order valence-corrected chi connectivity index (χ4v) is 5.17. The maximum Gasteiger partial charge on any atom is 0.266 e. The van der Waals surface area contributed by atoms with E-state index in [0.717, 1.165) is 31.5 Å². The topological polar surface area (TPSA) is 64.4 Å². The zero-order valence-corrected chi connectivity index (χ0v) is 19.8. The Kier molecular flexibility index (Phi) is 6.36. The number of rotatable bonds is 6. The second-order valence-corrected chi connectivity index (χ2v) is 9.18. The second-order valence-electron chi connectivity index (χ2n) is 8.24. The first-order chi connectivity index (χ1) is 16.6. The number of benzene rings is 3. The van der Waals surface area contributed by atoms with Crippen LogP contribution in [-0.2, 0) is 5.75 Å². The molecule has 0 N–H and O–H groups in total. The Balaban J connectivity index is 1.61. The number of thioether (sulfide) groups is 1. The zero-order chi connectivity index (χ0) is 23.5. The maximum absolute atomic E-state index is 13.7. The summed E-state index contributed by atoms with van der Waals surface area (Å²) in [5.74, 6) is 1.32. The number of carbonyl (C=O) groups excluding carboxylic acids is 1. The van der Waals surface area contributed by atoms with Gasteiger partial charge in [0.1, 0.15) is 5.75 Å². The van der Waals surface area contributed by atoms with Gasteiger partial charge in [-0.1, -0.05) is 48.2 Å². The molecule has 3 aromatic carbocycles. The minimum absolute atomic E-state index is 0.00309. The molecule has 172 valence electrons. The van der Waals surface area contributed by atoms with E-state index in [1.54, 1.807) is 29.9 Å². The molecule has 0 aliphatic carbocycles. The third kappa shape index (κ3) is 4.43. The highest BCUT2D eigenvalue weighted by molar-refractivity contribution is 7.98. The normalized spacial score (nSPS) is 13.4. The summed E-state index contributed by atoms with van der Waals surface area (Å²) in [6.07, 6.45) is 2.06. The molecule has 0 saturated carbocycles. The molecule has 1 amide bonds. The SMILES string of the molecule is COc1cccc(-n2c(SCc3ccccc3)nc3cc(C(=O)N4CCCC4)ccc3c2=O)c1. The second kappa shape index (κ2) is 9.73. The maximum atomic E-state index is 13.7. The van der Waals surface area contributed by atoms with Gasteiger partial charge in [0.2, 0.25) is 0 Å². The van der Waals surface area contributed by atoms with Gasteiger partial charge in [-0.15, -0.1) is 0 Å². The number of nitrogens with zero attached hydrogens (tertiary/aromatic N) is 3. The highest BCUT2D eigenvalue weighted by Crippen LogP contribution is 2.27. The van der Waals surface area contributed by atoms with Crippen molar-refractivity contribution in [3.05, 3.63) is 94.3 Å². The monoisotopic (exact) mass is 471 g/mol. The molecule has 1 saturated heterocycles. The Labute approximate surface area is 202 Å². The average Bonchev–Trinajstić information content (AvgIpc) is 3.42. The van der Waals surface area contributed by atoms with Crippen molar-refractivity contribution in [2.75, 3.05) is 20.2 Å². The molecule has 1 aliphatic heterocycles. The van der Waals surface area contributed by atoms with Gasteiger partial charge in [-0.25, -0.2) is 4.98 Å². The van der Waals surface area contributed by atoms with Crippen LogP contribution in [0.5, 0.6) is 5.75 Å². The Morgan fingerprint density at radius 1 is 1.00 bits per heavy atom. The first-order valence-electron chi connectivity index (χ1n) is 11.3. The smallest absolute Gasteiger partial charge is 0.266 e. The standard InChI is InChI=1S/C27H25N3O3S/c1-33-22-11-7-10-21(17-22)30-26(32)23-13-12-20(25(31)29-14-5-6-15-29)16-24(23)28-27(30)34-18-19-8-3-2-4-9-19/h2-4,7-13,16-17H,5-6,14-15,18H2,1H3. The van der Waals surface area contributed by atoms with Crippen molar-refractivity contribution in [3.63, 3.8) is 0 Å². The average molecular weight is 472 g/mol. The van der Waals surface area contributed by atoms with E-state index < -0.39 is 0 Å². The van der Waals surface area contributed by atoms with Gasteiger partial charge in [0.05, 0.1) is 23.7 Å². The van der Waals surface area contributed by atoms with Crippen LogP contribution in [0.3, 0.4) is 0 Å². The summed E-state index contributed by atoms with van der Waals surface area (Å²) in [6, 6.07) is 22.7. The van der Waals surface area contributed by atoms with Gasteiger partial charge in [0, 0.05) is 30.5 Å². The van der Waals surface area contributed by atoms with E-state index in [1.807, 2.05) is 47.4 Å². The Morgan fingerprint density at radius 3 is 2.56 bits per heavy atom. The lowest BCUT2D eigenvalue weighted by Gasteiger charge is -2.17. The van der Waals surface area contributed by atoms with Gasteiger partial charge in [-0.3, -0.25) is 14.2 Å². The number of amides is 1. The van der Waals surface area contributed by atoms with Crippen molar-refractivity contribution in [2.45, 2.75) is 23.8 Å². The predicted octanol–water partition coefficient (Wildman–Crippen LogP) is 4.92. The molecule has 7 heteroatoms. The molecule has 4 aromatic rings.